The Kier molecular flexibility index (Phi) is 9.77. The molecule has 3 N–H and O–H groups in total. The fourth-order valence-electron chi connectivity index (χ4n) is 3.47. The van der Waals surface area contributed by atoms with Crippen LogP contribution in [0.3, 0.4) is 0 Å². The van der Waals surface area contributed by atoms with Crippen LogP contribution in [0.15, 0.2) is 72.8 Å². The van der Waals surface area contributed by atoms with Crippen molar-refractivity contribution in [1.29, 1.82) is 0 Å². The van der Waals surface area contributed by atoms with Gasteiger partial charge in [0.1, 0.15) is 12.4 Å². The van der Waals surface area contributed by atoms with Gasteiger partial charge in [-0.3, -0.25) is 14.9 Å². The van der Waals surface area contributed by atoms with Crippen LogP contribution in [0.2, 0.25) is 0 Å². The van der Waals surface area contributed by atoms with Crippen molar-refractivity contribution >= 4 is 40.5 Å². The Bertz CT molecular complexity index is 1240. The summed E-state index contributed by atoms with van der Waals surface area (Å²) in [6.45, 7) is 9.66. The average molecular weight is 520 g/mol. The predicted octanol–water partition coefficient (Wildman–Crippen LogP) is 5.78. The van der Waals surface area contributed by atoms with Gasteiger partial charge in [-0.1, -0.05) is 51.1 Å². The molecular formula is C29H33N3O4S. The standard InChI is InChI=1S/C29H33N3O4S/c1-5-35-17-18-36-25-12-7-6-11-24(25)27(34)32-28(37)31-23-10-8-9-22(19-23)30-26(33)20-13-15-21(16-14-20)29(2,3)4/h6-16,19H,5,17-18H2,1-4H3,(H,30,33)(H2,31,32,34,37). The van der Waals surface area contributed by atoms with Gasteiger partial charge in [0.05, 0.1) is 12.2 Å². The summed E-state index contributed by atoms with van der Waals surface area (Å²) in [7, 11) is 0. The molecule has 0 aliphatic carbocycles. The third-order valence-corrected chi connectivity index (χ3v) is 5.64. The molecule has 0 saturated heterocycles. The van der Waals surface area contributed by atoms with E-state index in [0.717, 1.165) is 5.56 Å². The van der Waals surface area contributed by atoms with E-state index in [1.807, 2.05) is 31.2 Å². The van der Waals surface area contributed by atoms with Gasteiger partial charge in [0.25, 0.3) is 11.8 Å². The first-order chi connectivity index (χ1) is 17.7. The SMILES string of the molecule is CCOCCOc1ccccc1C(=O)NC(=S)Nc1cccc(NC(=O)c2ccc(C(C)(C)C)cc2)c1. The number of benzene rings is 3. The highest BCUT2D eigenvalue weighted by Gasteiger charge is 2.16. The van der Waals surface area contributed by atoms with Crippen LogP contribution in [0.1, 0.15) is 54.0 Å². The van der Waals surface area contributed by atoms with E-state index in [2.05, 4.69) is 36.7 Å². The van der Waals surface area contributed by atoms with Gasteiger partial charge >= 0.3 is 0 Å². The molecule has 2 amide bonds. The summed E-state index contributed by atoms with van der Waals surface area (Å²) in [6, 6.07) is 21.6. The molecule has 0 aliphatic rings. The lowest BCUT2D eigenvalue weighted by Crippen LogP contribution is -2.34. The fourth-order valence-corrected chi connectivity index (χ4v) is 3.68. The number of nitrogens with one attached hydrogen (secondary N) is 3. The Hall–Kier alpha value is -3.75. The smallest absolute Gasteiger partial charge is 0.261 e. The van der Waals surface area contributed by atoms with Crippen LogP contribution in [0.25, 0.3) is 0 Å². The Labute approximate surface area is 223 Å². The van der Waals surface area contributed by atoms with Gasteiger partial charge in [0, 0.05) is 23.5 Å². The zero-order chi connectivity index (χ0) is 26.8. The summed E-state index contributed by atoms with van der Waals surface area (Å²) >= 11 is 5.34. The minimum Gasteiger partial charge on any atom is -0.490 e. The van der Waals surface area contributed by atoms with Crippen LogP contribution in [-0.4, -0.2) is 36.7 Å². The number of rotatable bonds is 9. The summed E-state index contributed by atoms with van der Waals surface area (Å²) in [6.07, 6.45) is 0. The molecule has 0 heterocycles. The van der Waals surface area contributed by atoms with E-state index in [-0.39, 0.29) is 16.4 Å². The topological polar surface area (TPSA) is 88.7 Å². The minimum atomic E-state index is -0.396. The van der Waals surface area contributed by atoms with Crippen LogP contribution in [-0.2, 0) is 10.2 Å². The maximum atomic E-state index is 12.8. The molecule has 194 valence electrons. The Morgan fingerprint density at radius 2 is 1.51 bits per heavy atom. The summed E-state index contributed by atoms with van der Waals surface area (Å²) in [5.74, 6) is -0.162. The monoisotopic (exact) mass is 519 g/mol. The molecule has 3 rings (SSSR count). The first-order valence-electron chi connectivity index (χ1n) is 12.1. The number of hydrogen-bond donors (Lipinski definition) is 3. The number of anilines is 2. The molecule has 0 radical (unpaired) electrons. The highest BCUT2D eigenvalue weighted by Crippen LogP contribution is 2.23. The molecule has 7 nitrogen and oxygen atoms in total. The van der Waals surface area contributed by atoms with Crippen molar-refractivity contribution < 1.29 is 19.1 Å². The van der Waals surface area contributed by atoms with Crippen molar-refractivity contribution in [3.05, 3.63) is 89.5 Å². The van der Waals surface area contributed by atoms with Crippen LogP contribution in [0, 0.1) is 0 Å². The molecule has 8 heteroatoms. The van der Waals surface area contributed by atoms with Crippen LogP contribution in [0.5, 0.6) is 5.75 Å². The van der Waals surface area contributed by atoms with E-state index in [1.165, 1.54) is 0 Å². The Morgan fingerprint density at radius 1 is 0.838 bits per heavy atom. The molecule has 0 atom stereocenters. The fraction of sp³-hybridized carbons (Fsp3) is 0.276. The molecule has 0 spiro atoms. The number of ether oxygens (including phenoxy) is 2. The van der Waals surface area contributed by atoms with Crippen molar-refractivity contribution in [1.82, 2.24) is 5.32 Å². The largest absolute Gasteiger partial charge is 0.490 e. The van der Waals surface area contributed by atoms with Gasteiger partial charge in [-0.2, -0.15) is 0 Å². The zero-order valence-corrected chi connectivity index (χ0v) is 22.4. The van der Waals surface area contributed by atoms with Crippen LogP contribution < -0.4 is 20.7 Å². The second-order valence-electron chi connectivity index (χ2n) is 9.31. The first kappa shape index (κ1) is 27.8. The van der Waals surface area contributed by atoms with Gasteiger partial charge in [0.15, 0.2) is 5.11 Å². The van der Waals surface area contributed by atoms with E-state index >= 15 is 0 Å². The van der Waals surface area contributed by atoms with E-state index in [0.29, 0.717) is 48.1 Å². The van der Waals surface area contributed by atoms with Crippen molar-refractivity contribution in [2.75, 3.05) is 30.5 Å². The average Bonchev–Trinajstić information content (AvgIpc) is 2.86. The molecule has 3 aromatic rings. The third-order valence-electron chi connectivity index (χ3n) is 5.44. The molecule has 0 aromatic heterocycles. The lowest BCUT2D eigenvalue weighted by Gasteiger charge is -2.19. The molecule has 0 bridgehead atoms. The van der Waals surface area contributed by atoms with Gasteiger partial charge in [-0.15, -0.1) is 0 Å². The highest BCUT2D eigenvalue weighted by atomic mass is 32.1. The molecule has 3 aromatic carbocycles. The quantitative estimate of drug-likeness (QED) is 0.245. The number of hydrogen-bond acceptors (Lipinski definition) is 5. The van der Waals surface area contributed by atoms with Crippen LogP contribution in [0.4, 0.5) is 11.4 Å². The first-order valence-corrected chi connectivity index (χ1v) is 12.5. The molecule has 0 aliphatic heterocycles. The molecular weight excluding hydrogens is 486 g/mol. The number of thiocarbonyl (C=S) groups is 1. The van der Waals surface area contributed by atoms with Crippen molar-refractivity contribution in [2.24, 2.45) is 0 Å². The summed E-state index contributed by atoms with van der Waals surface area (Å²) < 4.78 is 11.0. The van der Waals surface area contributed by atoms with Crippen molar-refractivity contribution in [3.63, 3.8) is 0 Å². The summed E-state index contributed by atoms with van der Waals surface area (Å²) in [5.41, 5.74) is 3.31. The second kappa shape index (κ2) is 13.0. The summed E-state index contributed by atoms with van der Waals surface area (Å²) in [5, 5.41) is 8.68. The number of carbonyl (C=O) groups is 2. The van der Waals surface area contributed by atoms with Crippen molar-refractivity contribution in [2.45, 2.75) is 33.1 Å². The number of para-hydroxylation sites is 1. The van der Waals surface area contributed by atoms with E-state index < -0.39 is 5.91 Å². The van der Waals surface area contributed by atoms with Gasteiger partial charge in [0.2, 0.25) is 0 Å². The molecule has 0 unspecified atom stereocenters. The van der Waals surface area contributed by atoms with Crippen molar-refractivity contribution in [3.8, 4) is 5.75 Å². The van der Waals surface area contributed by atoms with E-state index in [1.54, 1.807) is 48.5 Å². The van der Waals surface area contributed by atoms with E-state index in [4.69, 9.17) is 21.7 Å². The lowest BCUT2D eigenvalue weighted by atomic mass is 9.87. The maximum absolute atomic E-state index is 12.8. The van der Waals surface area contributed by atoms with E-state index in [9.17, 15) is 9.59 Å². The number of amides is 2. The van der Waals surface area contributed by atoms with Gasteiger partial charge < -0.3 is 20.1 Å². The van der Waals surface area contributed by atoms with Crippen LogP contribution >= 0.6 is 12.2 Å². The summed E-state index contributed by atoms with van der Waals surface area (Å²) in [4.78, 5) is 25.5. The van der Waals surface area contributed by atoms with Gasteiger partial charge in [-0.25, -0.2) is 0 Å². The Balaban J connectivity index is 1.59. The number of carbonyl (C=O) groups excluding carboxylic acids is 2. The third kappa shape index (κ3) is 8.41. The molecule has 0 fully saturated rings. The normalized spacial score (nSPS) is 10.9. The molecule has 0 saturated carbocycles. The second-order valence-corrected chi connectivity index (χ2v) is 9.72. The maximum Gasteiger partial charge on any atom is 0.261 e. The lowest BCUT2D eigenvalue weighted by molar-refractivity contribution is 0.0958. The predicted molar refractivity (Wildman–Crippen MR) is 152 cm³/mol. The molecule has 37 heavy (non-hydrogen) atoms. The Morgan fingerprint density at radius 3 is 2.19 bits per heavy atom. The minimum absolute atomic E-state index is 0.0154. The van der Waals surface area contributed by atoms with Gasteiger partial charge in [-0.05, 0) is 72.6 Å². The zero-order valence-electron chi connectivity index (χ0n) is 21.6. The highest BCUT2D eigenvalue weighted by molar-refractivity contribution is 7.80.